The number of aliphatic carboxylic acids is 1. The maximum Gasteiger partial charge on any atom is 0.333 e. The third-order valence-corrected chi connectivity index (χ3v) is 3.51. The molecule has 0 fully saturated rings. The summed E-state index contributed by atoms with van der Waals surface area (Å²) in [5.74, 6) is -1.66. The number of methoxy groups -OCH3 is 1. The Kier molecular flexibility index (Phi) is 13.2. The molecule has 0 aliphatic heterocycles. The molecule has 0 aliphatic rings. The number of esters is 1. The van der Waals surface area contributed by atoms with Crippen molar-refractivity contribution >= 4 is 17.8 Å². The van der Waals surface area contributed by atoms with Gasteiger partial charge in [-0.15, -0.1) is 0 Å². The second-order valence-electron chi connectivity index (χ2n) is 6.09. The molecule has 0 spiro atoms. The molecular formula is C22H29NO6. The van der Waals surface area contributed by atoms with Crippen LogP contribution in [0.1, 0.15) is 25.8 Å². The number of carboxylic acids is 1. The van der Waals surface area contributed by atoms with Gasteiger partial charge >= 0.3 is 11.9 Å². The first kappa shape index (κ1) is 25.8. The molecule has 0 aromatic heterocycles. The van der Waals surface area contributed by atoms with Crippen LogP contribution in [0, 0.1) is 0 Å². The lowest BCUT2D eigenvalue weighted by atomic mass is 10.1. The molecule has 2 N–H and O–H groups in total. The summed E-state index contributed by atoms with van der Waals surface area (Å²) in [6.07, 6.45) is 2.27. The number of hydrogen-bond donors (Lipinski definition) is 2. The zero-order valence-corrected chi connectivity index (χ0v) is 17.2. The van der Waals surface area contributed by atoms with Crippen molar-refractivity contribution in [3.63, 3.8) is 0 Å². The number of nitrogens with one attached hydrogen (secondary N) is 1. The second-order valence-corrected chi connectivity index (χ2v) is 6.09. The Hall–Kier alpha value is -3.19. The summed E-state index contributed by atoms with van der Waals surface area (Å²) in [6.45, 7) is 10.7. The molecule has 1 amide bonds. The molecule has 1 rings (SSSR count). The van der Waals surface area contributed by atoms with Crippen LogP contribution in [0.2, 0.25) is 0 Å². The van der Waals surface area contributed by atoms with Gasteiger partial charge in [0, 0.05) is 30.2 Å². The smallest absolute Gasteiger partial charge is 0.333 e. The molecule has 0 atom stereocenters. The fourth-order valence-electron chi connectivity index (χ4n) is 1.74. The Balaban J connectivity index is 0.000000734. The van der Waals surface area contributed by atoms with Crippen LogP contribution in [-0.4, -0.2) is 43.4 Å². The van der Waals surface area contributed by atoms with Crippen molar-refractivity contribution in [2.75, 3.05) is 20.4 Å². The number of ether oxygens (including phenoxy) is 2. The Bertz CT molecular complexity index is 737. The lowest BCUT2D eigenvalue weighted by molar-refractivity contribution is -0.139. The van der Waals surface area contributed by atoms with Crippen LogP contribution in [0.3, 0.4) is 0 Å². The number of rotatable bonds is 10. The quantitative estimate of drug-likeness (QED) is 0.354. The van der Waals surface area contributed by atoms with Gasteiger partial charge in [-0.25, -0.2) is 9.59 Å². The van der Waals surface area contributed by atoms with E-state index in [4.69, 9.17) is 9.84 Å². The fourth-order valence-corrected chi connectivity index (χ4v) is 1.74. The lowest BCUT2D eigenvalue weighted by Gasteiger charge is -2.06. The molecule has 29 heavy (non-hydrogen) atoms. The number of carbonyl (C=O) groups is 3. The van der Waals surface area contributed by atoms with Crippen LogP contribution in [0.25, 0.3) is 0 Å². The number of amides is 1. The summed E-state index contributed by atoms with van der Waals surface area (Å²) < 4.78 is 9.67. The number of benzene rings is 1. The van der Waals surface area contributed by atoms with Gasteiger partial charge in [-0.05, 0) is 25.8 Å². The monoisotopic (exact) mass is 403 g/mol. The van der Waals surface area contributed by atoms with E-state index in [2.05, 4.69) is 23.2 Å². The highest BCUT2D eigenvalue weighted by Gasteiger charge is 2.08. The van der Waals surface area contributed by atoms with Crippen molar-refractivity contribution in [2.45, 2.75) is 26.7 Å². The zero-order valence-electron chi connectivity index (χ0n) is 17.2. The summed E-state index contributed by atoms with van der Waals surface area (Å²) in [7, 11) is 1.51. The van der Waals surface area contributed by atoms with Crippen LogP contribution in [0.5, 0.6) is 0 Å². The van der Waals surface area contributed by atoms with Gasteiger partial charge in [-0.1, -0.05) is 49.6 Å². The Morgan fingerprint density at radius 1 is 1.14 bits per heavy atom. The highest BCUT2D eigenvalue weighted by Crippen LogP contribution is 2.07. The highest BCUT2D eigenvalue weighted by atomic mass is 16.5. The van der Waals surface area contributed by atoms with E-state index in [0.717, 1.165) is 5.56 Å². The maximum atomic E-state index is 11.6. The van der Waals surface area contributed by atoms with Crippen LogP contribution in [0.4, 0.5) is 0 Å². The summed E-state index contributed by atoms with van der Waals surface area (Å²) in [5, 5.41) is 11.2. The minimum atomic E-state index is -1.00. The molecule has 7 nitrogen and oxygen atoms in total. The molecule has 0 saturated heterocycles. The van der Waals surface area contributed by atoms with Gasteiger partial charge in [0.05, 0.1) is 6.61 Å². The summed E-state index contributed by atoms with van der Waals surface area (Å²) in [4.78, 5) is 32.8. The highest BCUT2D eigenvalue weighted by molar-refractivity contribution is 5.92. The average Bonchev–Trinajstić information content (AvgIpc) is 2.70. The Morgan fingerprint density at radius 3 is 2.28 bits per heavy atom. The summed E-state index contributed by atoms with van der Waals surface area (Å²) in [5.41, 5.74) is 2.02. The topological polar surface area (TPSA) is 102 Å². The Morgan fingerprint density at radius 2 is 1.76 bits per heavy atom. The van der Waals surface area contributed by atoms with Gasteiger partial charge in [0.1, 0.15) is 6.73 Å². The molecule has 7 heteroatoms. The van der Waals surface area contributed by atoms with E-state index in [1.165, 1.54) is 20.1 Å². The molecule has 0 bridgehead atoms. The minimum absolute atomic E-state index is 0.170. The molecule has 0 saturated carbocycles. The van der Waals surface area contributed by atoms with Crippen LogP contribution < -0.4 is 5.32 Å². The van der Waals surface area contributed by atoms with Crippen molar-refractivity contribution in [3.05, 3.63) is 71.8 Å². The number of carboxylic acid groups (broad SMARTS) is 1. The normalized spacial score (nSPS) is 10.2. The average molecular weight is 403 g/mol. The van der Waals surface area contributed by atoms with Crippen molar-refractivity contribution in [3.8, 4) is 0 Å². The van der Waals surface area contributed by atoms with E-state index in [1.807, 2.05) is 30.3 Å². The minimum Gasteiger partial charge on any atom is -0.478 e. The molecule has 0 heterocycles. The Labute approximate surface area is 171 Å². The first-order valence-electron chi connectivity index (χ1n) is 8.90. The van der Waals surface area contributed by atoms with Crippen molar-refractivity contribution < 1.29 is 29.0 Å². The molecule has 0 radical (unpaired) electrons. The fraction of sp³-hybridized carbons (Fsp3) is 0.318. The molecule has 1 aromatic rings. The zero-order chi connectivity index (χ0) is 22.2. The van der Waals surface area contributed by atoms with E-state index in [-0.39, 0.29) is 36.8 Å². The summed E-state index contributed by atoms with van der Waals surface area (Å²) >= 11 is 0. The SMILES string of the molecule is C=C(C)C(=O)NCOC.C=C(CC=C(C)C(=O)O)C(=O)OCCc1ccccc1. The van der Waals surface area contributed by atoms with Crippen LogP contribution >= 0.6 is 0 Å². The van der Waals surface area contributed by atoms with Crippen LogP contribution in [-0.2, 0) is 30.3 Å². The van der Waals surface area contributed by atoms with Gasteiger partial charge in [0.25, 0.3) is 0 Å². The summed E-state index contributed by atoms with van der Waals surface area (Å²) in [6, 6.07) is 9.70. The van der Waals surface area contributed by atoms with E-state index >= 15 is 0 Å². The first-order valence-corrected chi connectivity index (χ1v) is 8.90. The molecule has 1 aromatic carbocycles. The van der Waals surface area contributed by atoms with Gasteiger partial charge in [0.15, 0.2) is 0 Å². The van der Waals surface area contributed by atoms with Gasteiger partial charge < -0.3 is 19.9 Å². The van der Waals surface area contributed by atoms with Crippen molar-refractivity contribution in [1.82, 2.24) is 5.32 Å². The third-order valence-electron chi connectivity index (χ3n) is 3.51. The number of carbonyl (C=O) groups excluding carboxylic acids is 2. The van der Waals surface area contributed by atoms with Gasteiger partial charge in [-0.2, -0.15) is 0 Å². The molecule has 158 valence electrons. The van der Waals surface area contributed by atoms with E-state index < -0.39 is 11.9 Å². The lowest BCUT2D eigenvalue weighted by Crippen LogP contribution is -2.25. The van der Waals surface area contributed by atoms with E-state index in [9.17, 15) is 14.4 Å². The maximum absolute atomic E-state index is 11.6. The molecule has 0 unspecified atom stereocenters. The first-order chi connectivity index (χ1) is 13.7. The predicted molar refractivity (Wildman–Crippen MR) is 111 cm³/mol. The standard InChI is InChI=1S/C16H18O4.C6H11NO2/c1-12(15(17)18)8-9-13(2)16(19)20-11-10-14-6-4-3-5-7-14;1-5(2)6(8)7-4-9-3/h3-8H,2,9-11H2,1H3,(H,17,18);1,4H2,2-3H3,(H,7,8). The molecule has 0 aliphatic carbocycles. The van der Waals surface area contributed by atoms with Crippen LogP contribution in [0.15, 0.2) is 66.3 Å². The van der Waals surface area contributed by atoms with Crippen molar-refractivity contribution in [1.29, 1.82) is 0 Å². The largest absolute Gasteiger partial charge is 0.478 e. The molecular weight excluding hydrogens is 374 g/mol. The van der Waals surface area contributed by atoms with E-state index in [0.29, 0.717) is 12.0 Å². The number of allylic oxidation sites excluding steroid dienone is 1. The van der Waals surface area contributed by atoms with Crippen molar-refractivity contribution in [2.24, 2.45) is 0 Å². The number of hydrogen-bond acceptors (Lipinski definition) is 5. The van der Waals surface area contributed by atoms with Gasteiger partial charge in [0.2, 0.25) is 5.91 Å². The van der Waals surface area contributed by atoms with Gasteiger partial charge in [-0.3, -0.25) is 4.79 Å². The second kappa shape index (κ2) is 14.8. The van der Waals surface area contributed by atoms with E-state index in [1.54, 1.807) is 6.92 Å². The predicted octanol–water partition coefficient (Wildman–Crippen LogP) is 3.03. The third kappa shape index (κ3) is 12.8.